The van der Waals surface area contributed by atoms with Crippen molar-refractivity contribution in [1.29, 1.82) is 0 Å². The number of hydrogen-bond donors (Lipinski definition) is 2. The zero-order valence-corrected chi connectivity index (χ0v) is 18.4. The molecule has 0 atom stereocenters. The van der Waals surface area contributed by atoms with Gasteiger partial charge in [-0.2, -0.15) is 0 Å². The Bertz CT molecular complexity index is 1030. The third-order valence-electron chi connectivity index (χ3n) is 6.43. The smallest absolute Gasteiger partial charge is 0.253 e. The second kappa shape index (κ2) is 8.98. The number of rotatable bonds is 6. The molecule has 1 aliphatic carbocycles. The van der Waals surface area contributed by atoms with Gasteiger partial charge in [-0.05, 0) is 36.6 Å². The summed E-state index contributed by atoms with van der Waals surface area (Å²) in [6.07, 6.45) is 4.30. The second-order valence-corrected chi connectivity index (χ2v) is 9.92. The molecule has 3 N–H and O–H groups in total. The lowest BCUT2D eigenvalue weighted by Crippen LogP contribution is -2.41. The first kappa shape index (κ1) is 21.8. The summed E-state index contributed by atoms with van der Waals surface area (Å²) in [5, 5.41) is 8.44. The fourth-order valence-electron chi connectivity index (χ4n) is 4.71. The van der Waals surface area contributed by atoms with Crippen molar-refractivity contribution in [3.8, 4) is 0 Å². The zero-order valence-electron chi connectivity index (χ0n) is 17.5. The summed E-state index contributed by atoms with van der Waals surface area (Å²) in [5.41, 5.74) is 2.18. The van der Waals surface area contributed by atoms with Crippen molar-refractivity contribution >= 4 is 21.6 Å². The van der Waals surface area contributed by atoms with E-state index in [-0.39, 0.29) is 16.2 Å². The number of morpholine rings is 1. The van der Waals surface area contributed by atoms with Crippen LogP contribution in [0.3, 0.4) is 0 Å². The van der Waals surface area contributed by atoms with Crippen molar-refractivity contribution in [2.45, 2.75) is 36.0 Å². The molecule has 1 saturated carbocycles. The van der Waals surface area contributed by atoms with Crippen LogP contribution in [0, 0.1) is 0 Å². The van der Waals surface area contributed by atoms with E-state index in [4.69, 9.17) is 9.88 Å². The topological polar surface area (TPSA) is 102 Å². The van der Waals surface area contributed by atoms with E-state index >= 15 is 0 Å². The van der Waals surface area contributed by atoms with Crippen LogP contribution in [0.4, 0.5) is 5.69 Å². The first-order valence-corrected chi connectivity index (χ1v) is 12.3. The Kier molecular flexibility index (Phi) is 6.31. The predicted molar refractivity (Wildman–Crippen MR) is 120 cm³/mol. The predicted octanol–water partition coefficient (Wildman–Crippen LogP) is 2.41. The summed E-state index contributed by atoms with van der Waals surface area (Å²) in [6.45, 7) is 2.92. The number of carbonyl (C=O) groups is 1. The van der Waals surface area contributed by atoms with Crippen LogP contribution >= 0.6 is 0 Å². The van der Waals surface area contributed by atoms with Crippen LogP contribution in [0.25, 0.3) is 0 Å². The molecule has 0 radical (unpaired) electrons. The largest absolute Gasteiger partial charge is 0.378 e. The maximum Gasteiger partial charge on any atom is 0.253 e. The minimum absolute atomic E-state index is 0.0618. The minimum atomic E-state index is -3.92. The van der Waals surface area contributed by atoms with E-state index < -0.39 is 10.0 Å². The molecular formula is C23H29N3O4S. The van der Waals surface area contributed by atoms with Gasteiger partial charge in [0.05, 0.1) is 23.7 Å². The maximum absolute atomic E-state index is 13.3. The van der Waals surface area contributed by atoms with Crippen molar-refractivity contribution in [2.24, 2.45) is 5.14 Å². The Labute approximate surface area is 183 Å². The van der Waals surface area contributed by atoms with E-state index in [2.05, 4.69) is 17.4 Å². The maximum atomic E-state index is 13.3. The van der Waals surface area contributed by atoms with Gasteiger partial charge in [0.15, 0.2) is 0 Å². The summed E-state index contributed by atoms with van der Waals surface area (Å²) in [7, 11) is -3.92. The lowest BCUT2D eigenvalue weighted by atomic mass is 9.79. The number of primary sulfonamides is 1. The number of hydrogen-bond acceptors (Lipinski definition) is 5. The molecule has 0 bridgehead atoms. The summed E-state index contributed by atoms with van der Waals surface area (Å²) in [4.78, 5) is 15.3. The lowest BCUT2D eigenvalue weighted by molar-refractivity contribution is 0.0941. The Morgan fingerprint density at radius 3 is 2.39 bits per heavy atom. The van der Waals surface area contributed by atoms with Crippen LogP contribution < -0.4 is 15.4 Å². The van der Waals surface area contributed by atoms with Gasteiger partial charge >= 0.3 is 0 Å². The van der Waals surface area contributed by atoms with Crippen LogP contribution in [-0.2, 0) is 20.2 Å². The third-order valence-corrected chi connectivity index (χ3v) is 7.34. The average Bonchev–Trinajstić information content (AvgIpc) is 3.28. The van der Waals surface area contributed by atoms with Crippen molar-refractivity contribution in [1.82, 2.24) is 5.32 Å². The number of amides is 1. The van der Waals surface area contributed by atoms with Crippen molar-refractivity contribution in [3.63, 3.8) is 0 Å². The molecule has 4 rings (SSSR count). The summed E-state index contributed by atoms with van der Waals surface area (Å²) < 4.78 is 29.2. The van der Waals surface area contributed by atoms with Crippen molar-refractivity contribution in [2.75, 3.05) is 37.7 Å². The van der Waals surface area contributed by atoms with Crippen molar-refractivity contribution < 1.29 is 17.9 Å². The van der Waals surface area contributed by atoms with E-state index in [9.17, 15) is 13.2 Å². The molecule has 2 aromatic rings. The third kappa shape index (κ3) is 4.76. The molecule has 0 aromatic heterocycles. The molecule has 1 aliphatic heterocycles. The second-order valence-electron chi connectivity index (χ2n) is 8.36. The van der Waals surface area contributed by atoms with Gasteiger partial charge in [-0.3, -0.25) is 4.79 Å². The molecule has 7 nitrogen and oxygen atoms in total. The molecule has 1 saturated heterocycles. The number of nitrogens with two attached hydrogens (primary N) is 1. The van der Waals surface area contributed by atoms with E-state index in [0.717, 1.165) is 25.7 Å². The molecule has 166 valence electrons. The Morgan fingerprint density at radius 2 is 1.74 bits per heavy atom. The highest BCUT2D eigenvalue weighted by Gasteiger charge is 2.36. The van der Waals surface area contributed by atoms with Gasteiger partial charge in [0.1, 0.15) is 0 Å². The minimum Gasteiger partial charge on any atom is -0.378 e. The van der Waals surface area contributed by atoms with Gasteiger partial charge in [0.25, 0.3) is 5.91 Å². The number of benzene rings is 2. The monoisotopic (exact) mass is 443 g/mol. The molecular weight excluding hydrogens is 414 g/mol. The molecule has 31 heavy (non-hydrogen) atoms. The Balaban J connectivity index is 1.62. The Hall–Kier alpha value is -2.42. The molecule has 2 aliphatic rings. The number of carbonyl (C=O) groups excluding carboxylic acids is 1. The number of sulfonamides is 1. The van der Waals surface area contributed by atoms with Gasteiger partial charge in [0.2, 0.25) is 10.0 Å². The van der Waals surface area contributed by atoms with E-state index in [1.807, 2.05) is 23.1 Å². The van der Waals surface area contributed by atoms with E-state index in [1.165, 1.54) is 17.7 Å². The highest BCUT2D eigenvalue weighted by molar-refractivity contribution is 7.89. The number of nitrogens with one attached hydrogen (secondary N) is 1. The SMILES string of the molecule is NS(=O)(=O)c1ccc(N2CCOCC2)c(C(=O)NCC2(c3ccccc3)CCCC2)c1. The molecule has 0 unspecified atom stereocenters. The van der Waals surface area contributed by atoms with Crippen LogP contribution in [0.5, 0.6) is 0 Å². The van der Waals surface area contributed by atoms with Gasteiger partial charge in [0, 0.05) is 30.7 Å². The first-order valence-electron chi connectivity index (χ1n) is 10.7. The van der Waals surface area contributed by atoms with Crippen molar-refractivity contribution in [3.05, 3.63) is 59.7 Å². The van der Waals surface area contributed by atoms with E-state index in [1.54, 1.807) is 6.07 Å². The highest BCUT2D eigenvalue weighted by Crippen LogP contribution is 2.40. The number of ether oxygens (including phenoxy) is 1. The quantitative estimate of drug-likeness (QED) is 0.714. The first-order chi connectivity index (χ1) is 14.9. The summed E-state index contributed by atoms with van der Waals surface area (Å²) in [5.74, 6) is -0.283. The van der Waals surface area contributed by atoms with Crippen LogP contribution in [0.1, 0.15) is 41.6 Å². The van der Waals surface area contributed by atoms with Crippen LogP contribution in [-0.4, -0.2) is 47.2 Å². The van der Waals surface area contributed by atoms with Crippen LogP contribution in [0.15, 0.2) is 53.4 Å². The average molecular weight is 444 g/mol. The molecule has 2 aromatic carbocycles. The fourth-order valence-corrected chi connectivity index (χ4v) is 5.25. The summed E-state index contributed by atoms with van der Waals surface area (Å²) >= 11 is 0. The molecule has 1 heterocycles. The lowest BCUT2D eigenvalue weighted by Gasteiger charge is -2.32. The van der Waals surface area contributed by atoms with Gasteiger partial charge in [-0.25, -0.2) is 13.6 Å². The van der Waals surface area contributed by atoms with Gasteiger partial charge < -0.3 is 15.0 Å². The number of nitrogens with zero attached hydrogens (tertiary/aromatic N) is 1. The van der Waals surface area contributed by atoms with Gasteiger partial charge in [-0.1, -0.05) is 43.2 Å². The van der Waals surface area contributed by atoms with E-state index in [0.29, 0.717) is 44.1 Å². The van der Waals surface area contributed by atoms with Crippen LogP contribution in [0.2, 0.25) is 0 Å². The molecule has 2 fully saturated rings. The normalized spacial score (nSPS) is 18.7. The zero-order chi connectivity index (χ0) is 21.9. The standard InChI is InChI=1S/C23H29N3O4S/c24-31(28,29)19-8-9-21(26-12-14-30-15-13-26)20(16-19)22(27)25-17-23(10-4-5-11-23)18-6-2-1-3-7-18/h1-3,6-9,16H,4-5,10-15,17H2,(H,25,27)(H2,24,28,29). The molecule has 1 amide bonds. The number of anilines is 1. The summed E-state index contributed by atoms with van der Waals surface area (Å²) in [6, 6.07) is 14.8. The Morgan fingerprint density at radius 1 is 1.06 bits per heavy atom. The molecule has 8 heteroatoms. The van der Waals surface area contributed by atoms with Gasteiger partial charge in [-0.15, -0.1) is 0 Å². The molecule has 0 spiro atoms. The fraction of sp³-hybridized carbons (Fsp3) is 0.435. The highest BCUT2D eigenvalue weighted by atomic mass is 32.2.